The molecule has 0 saturated carbocycles. The molecule has 0 N–H and O–H groups in total. The molecular formula is C13H21N2O2P. The molecule has 1 saturated heterocycles. The van der Waals surface area contributed by atoms with Crippen LogP contribution in [0, 0.1) is 0 Å². The average molecular weight is 268 g/mol. The van der Waals surface area contributed by atoms with Crippen molar-refractivity contribution in [2.45, 2.75) is 20.4 Å². The van der Waals surface area contributed by atoms with Crippen molar-refractivity contribution in [3.63, 3.8) is 0 Å². The maximum absolute atomic E-state index is 5.85. The number of hydrogen-bond donors (Lipinski definition) is 0. The lowest BCUT2D eigenvalue weighted by atomic mass is 10.2. The Hall–Kier alpha value is -0.670. The van der Waals surface area contributed by atoms with Crippen LogP contribution in [0.2, 0.25) is 0 Å². The highest BCUT2D eigenvalue weighted by Gasteiger charge is 2.33. The van der Waals surface area contributed by atoms with Crippen LogP contribution in [0.15, 0.2) is 35.1 Å². The van der Waals surface area contributed by atoms with Crippen molar-refractivity contribution in [1.82, 2.24) is 4.67 Å². The molecule has 1 heterocycles. The van der Waals surface area contributed by atoms with Crippen molar-refractivity contribution in [1.29, 1.82) is 0 Å². The Balaban J connectivity index is 2.19. The summed E-state index contributed by atoms with van der Waals surface area (Å²) < 4.78 is 18.7. The zero-order valence-corrected chi connectivity index (χ0v) is 12.0. The summed E-state index contributed by atoms with van der Waals surface area (Å²) in [5.74, 6) is 0. The predicted molar refractivity (Wildman–Crippen MR) is 74.3 cm³/mol. The zero-order chi connectivity index (χ0) is 12.8. The summed E-state index contributed by atoms with van der Waals surface area (Å²) in [7, 11) is -2.16. The fraction of sp³-hybridized carbons (Fsp3) is 0.538. The lowest BCUT2D eigenvalue weighted by molar-refractivity contribution is 0.326. The van der Waals surface area contributed by atoms with Gasteiger partial charge in [-0.1, -0.05) is 44.2 Å². The molecule has 0 aliphatic carbocycles. The second-order valence-electron chi connectivity index (χ2n) is 4.08. The van der Waals surface area contributed by atoms with Crippen LogP contribution >= 0.6 is 7.66 Å². The van der Waals surface area contributed by atoms with Crippen LogP contribution in [-0.2, 0) is 15.6 Å². The highest BCUT2D eigenvalue weighted by molar-refractivity contribution is 7.54. The van der Waals surface area contributed by atoms with Crippen LogP contribution in [0.25, 0.3) is 0 Å². The molecule has 2 rings (SSSR count). The van der Waals surface area contributed by atoms with Gasteiger partial charge in [0.05, 0.1) is 19.8 Å². The summed E-state index contributed by atoms with van der Waals surface area (Å²) in [4.78, 5) is 0. The van der Waals surface area contributed by atoms with E-state index in [4.69, 9.17) is 13.8 Å². The van der Waals surface area contributed by atoms with Crippen molar-refractivity contribution in [2.75, 3.05) is 26.3 Å². The molecule has 0 aromatic heterocycles. The van der Waals surface area contributed by atoms with E-state index in [1.54, 1.807) is 0 Å². The van der Waals surface area contributed by atoms with Crippen LogP contribution in [0.1, 0.15) is 19.4 Å². The molecule has 1 aromatic carbocycles. The van der Waals surface area contributed by atoms with E-state index in [0.29, 0.717) is 19.8 Å². The Kier molecular flexibility index (Phi) is 4.95. The van der Waals surface area contributed by atoms with Gasteiger partial charge in [0.1, 0.15) is 0 Å². The smallest absolute Gasteiger partial charge is 0.290 e. The molecular weight excluding hydrogens is 247 g/mol. The predicted octanol–water partition coefficient (Wildman–Crippen LogP) is 3.52. The highest BCUT2D eigenvalue weighted by atomic mass is 31.2. The molecule has 0 amide bonds. The first-order chi connectivity index (χ1) is 8.80. The van der Waals surface area contributed by atoms with Gasteiger partial charge in [0, 0.05) is 13.1 Å². The Bertz CT molecular complexity index is 408. The molecule has 100 valence electrons. The van der Waals surface area contributed by atoms with Crippen molar-refractivity contribution < 1.29 is 9.05 Å². The van der Waals surface area contributed by atoms with Crippen molar-refractivity contribution in [3.05, 3.63) is 35.9 Å². The van der Waals surface area contributed by atoms with E-state index in [0.717, 1.165) is 13.1 Å². The van der Waals surface area contributed by atoms with Gasteiger partial charge in [-0.3, -0.25) is 0 Å². The monoisotopic (exact) mass is 268 g/mol. The second kappa shape index (κ2) is 6.48. The van der Waals surface area contributed by atoms with Crippen LogP contribution in [0.5, 0.6) is 0 Å². The summed E-state index contributed by atoms with van der Waals surface area (Å²) in [6, 6.07) is 10.2. The van der Waals surface area contributed by atoms with E-state index in [9.17, 15) is 0 Å². The first-order valence-electron chi connectivity index (χ1n) is 6.47. The van der Waals surface area contributed by atoms with Gasteiger partial charge in [0.15, 0.2) is 0 Å². The van der Waals surface area contributed by atoms with Crippen molar-refractivity contribution in [2.24, 2.45) is 4.74 Å². The van der Waals surface area contributed by atoms with Gasteiger partial charge in [-0.15, -0.1) is 0 Å². The zero-order valence-electron chi connectivity index (χ0n) is 11.1. The Morgan fingerprint density at radius 3 is 2.28 bits per heavy atom. The lowest BCUT2D eigenvalue weighted by Crippen LogP contribution is -2.20. The van der Waals surface area contributed by atoms with Gasteiger partial charge >= 0.3 is 0 Å². The van der Waals surface area contributed by atoms with Crippen LogP contribution < -0.4 is 0 Å². The van der Waals surface area contributed by atoms with E-state index < -0.39 is 7.66 Å². The highest BCUT2D eigenvalue weighted by Crippen LogP contribution is 2.58. The molecule has 0 spiro atoms. The lowest BCUT2D eigenvalue weighted by Gasteiger charge is -2.28. The minimum Gasteiger partial charge on any atom is -0.310 e. The summed E-state index contributed by atoms with van der Waals surface area (Å²) in [5, 5.41) is 0. The van der Waals surface area contributed by atoms with E-state index in [2.05, 4.69) is 30.7 Å². The summed E-state index contributed by atoms with van der Waals surface area (Å²) in [6.45, 7) is 8.02. The summed E-state index contributed by atoms with van der Waals surface area (Å²) in [5.41, 5.74) is 1.20. The number of hydrogen-bond acceptors (Lipinski definition) is 3. The molecule has 0 unspecified atom stereocenters. The SMILES string of the molecule is CCN(CC)P1(=NCc2ccccc2)OCCO1. The molecule has 0 atom stereocenters. The normalized spacial score (nSPS) is 18.2. The quantitative estimate of drug-likeness (QED) is 0.766. The van der Waals surface area contributed by atoms with Gasteiger partial charge in [-0.2, -0.15) is 0 Å². The molecule has 18 heavy (non-hydrogen) atoms. The first-order valence-corrected chi connectivity index (χ1v) is 8.00. The molecule has 1 aliphatic heterocycles. The Labute approximate surface area is 109 Å². The van der Waals surface area contributed by atoms with Crippen molar-refractivity contribution in [3.8, 4) is 0 Å². The Morgan fingerprint density at radius 2 is 1.72 bits per heavy atom. The van der Waals surface area contributed by atoms with Gasteiger partial charge < -0.3 is 9.05 Å². The van der Waals surface area contributed by atoms with E-state index in [1.165, 1.54) is 5.56 Å². The van der Waals surface area contributed by atoms with Crippen LogP contribution in [-0.4, -0.2) is 31.0 Å². The molecule has 4 nitrogen and oxygen atoms in total. The van der Waals surface area contributed by atoms with Crippen molar-refractivity contribution >= 4 is 7.66 Å². The molecule has 0 bridgehead atoms. The molecule has 1 aromatic rings. The minimum absolute atomic E-state index is 0.655. The van der Waals surface area contributed by atoms with Gasteiger partial charge in [0.25, 0.3) is 7.66 Å². The fourth-order valence-corrected chi connectivity index (χ4v) is 4.44. The number of benzene rings is 1. The second-order valence-corrected chi connectivity index (χ2v) is 6.43. The number of nitrogens with zero attached hydrogens (tertiary/aromatic N) is 2. The third-order valence-electron chi connectivity index (χ3n) is 2.96. The van der Waals surface area contributed by atoms with E-state index >= 15 is 0 Å². The van der Waals surface area contributed by atoms with E-state index in [1.807, 2.05) is 18.2 Å². The van der Waals surface area contributed by atoms with Gasteiger partial charge in [0.2, 0.25) is 0 Å². The third kappa shape index (κ3) is 3.01. The molecule has 1 fully saturated rings. The number of rotatable bonds is 5. The molecule has 0 radical (unpaired) electrons. The van der Waals surface area contributed by atoms with E-state index in [-0.39, 0.29) is 0 Å². The first kappa shape index (κ1) is 13.8. The standard InChI is InChI=1S/C13H21N2O2P/c1-3-15(4-2)18(16-10-11-17-18)14-12-13-8-6-5-7-9-13/h5-9H,3-4,10-12H2,1-2H3. The van der Waals surface area contributed by atoms with Crippen LogP contribution in [0.3, 0.4) is 0 Å². The summed E-state index contributed by atoms with van der Waals surface area (Å²) in [6.07, 6.45) is 0. The summed E-state index contributed by atoms with van der Waals surface area (Å²) >= 11 is 0. The van der Waals surface area contributed by atoms with Crippen LogP contribution in [0.4, 0.5) is 0 Å². The minimum atomic E-state index is -2.16. The maximum Gasteiger partial charge on any atom is 0.290 e. The molecule has 5 heteroatoms. The average Bonchev–Trinajstić information content (AvgIpc) is 2.89. The topological polar surface area (TPSA) is 34.1 Å². The van der Waals surface area contributed by atoms with Gasteiger partial charge in [-0.05, 0) is 5.56 Å². The van der Waals surface area contributed by atoms with Gasteiger partial charge in [-0.25, -0.2) is 9.42 Å². The molecule has 1 aliphatic rings. The fourth-order valence-electron chi connectivity index (χ4n) is 2.02. The maximum atomic E-state index is 5.85. The Morgan fingerprint density at radius 1 is 1.11 bits per heavy atom. The largest absolute Gasteiger partial charge is 0.310 e. The third-order valence-corrected chi connectivity index (χ3v) is 5.78.